The molecule has 1 rings (SSSR count). The van der Waals surface area contributed by atoms with Crippen LogP contribution in [0.1, 0.15) is 18.5 Å². The van der Waals surface area contributed by atoms with Gasteiger partial charge in [0.25, 0.3) is 0 Å². The summed E-state index contributed by atoms with van der Waals surface area (Å²) in [5.74, 6) is 1.59. The van der Waals surface area contributed by atoms with Crippen LogP contribution in [0.15, 0.2) is 6.07 Å². The summed E-state index contributed by atoms with van der Waals surface area (Å²) in [5.41, 5.74) is 11.9. The van der Waals surface area contributed by atoms with Crippen LogP contribution in [0.5, 0.6) is 0 Å². The normalized spacial score (nSPS) is 10.2. The van der Waals surface area contributed by atoms with E-state index in [9.17, 15) is 0 Å². The first-order chi connectivity index (χ1) is 6.22. The first kappa shape index (κ1) is 10.1. The summed E-state index contributed by atoms with van der Waals surface area (Å²) in [6.07, 6.45) is 3.02. The van der Waals surface area contributed by atoms with Crippen LogP contribution in [-0.2, 0) is 6.42 Å². The minimum absolute atomic E-state index is 0.251. The summed E-state index contributed by atoms with van der Waals surface area (Å²) in [4.78, 5) is 7.86. The Morgan fingerprint density at radius 1 is 1.23 bits per heavy atom. The van der Waals surface area contributed by atoms with Gasteiger partial charge in [-0.3, -0.25) is 0 Å². The molecule has 1 aromatic heterocycles. The van der Waals surface area contributed by atoms with Crippen molar-refractivity contribution in [1.29, 1.82) is 0 Å². The smallest absolute Gasteiger partial charge is 0.222 e. The van der Waals surface area contributed by atoms with Crippen molar-refractivity contribution in [3.63, 3.8) is 0 Å². The van der Waals surface area contributed by atoms with E-state index in [0.717, 1.165) is 30.7 Å². The minimum atomic E-state index is 0.251. The van der Waals surface area contributed by atoms with Gasteiger partial charge in [-0.2, -0.15) is 17.6 Å². The molecule has 0 aliphatic rings. The van der Waals surface area contributed by atoms with E-state index in [2.05, 4.69) is 22.6 Å². The number of nitrogens with two attached hydrogens (primary N) is 2. The number of hydrogen-bond donors (Lipinski definition) is 3. The van der Waals surface area contributed by atoms with Crippen LogP contribution < -0.4 is 11.5 Å². The topological polar surface area (TPSA) is 77.8 Å². The fourth-order valence-electron chi connectivity index (χ4n) is 1.09. The van der Waals surface area contributed by atoms with Crippen molar-refractivity contribution in [2.45, 2.75) is 19.3 Å². The van der Waals surface area contributed by atoms with Crippen LogP contribution in [0, 0.1) is 0 Å². The van der Waals surface area contributed by atoms with Gasteiger partial charge in [0.2, 0.25) is 5.95 Å². The second-order valence-corrected chi connectivity index (χ2v) is 3.27. The molecule has 0 fully saturated rings. The summed E-state index contributed by atoms with van der Waals surface area (Å²) in [7, 11) is 0. The van der Waals surface area contributed by atoms with E-state index in [0.29, 0.717) is 5.82 Å². The van der Waals surface area contributed by atoms with Crippen molar-refractivity contribution in [2.75, 3.05) is 17.2 Å². The van der Waals surface area contributed by atoms with Gasteiger partial charge in [-0.05, 0) is 25.0 Å². The molecule has 72 valence electrons. The summed E-state index contributed by atoms with van der Waals surface area (Å²) in [5, 5.41) is 0. The van der Waals surface area contributed by atoms with Gasteiger partial charge in [-0.15, -0.1) is 0 Å². The zero-order valence-electron chi connectivity index (χ0n) is 7.40. The van der Waals surface area contributed by atoms with Crippen LogP contribution in [0.3, 0.4) is 0 Å². The molecule has 4 nitrogen and oxygen atoms in total. The van der Waals surface area contributed by atoms with Gasteiger partial charge in [0.1, 0.15) is 5.82 Å². The third kappa shape index (κ3) is 3.50. The molecule has 0 unspecified atom stereocenters. The highest BCUT2D eigenvalue weighted by Crippen LogP contribution is 2.07. The van der Waals surface area contributed by atoms with Crippen molar-refractivity contribution in [3.8, 4) is 0 Å². The molecule has 0 aromatic carbocycles. The van der Waals surface area contributed by atoms with Crippen molar-refractivity contribution in [1.82, 2.24) is 9.97 Å². The lowest BCUT2D eigenvalue weighted by atomic mass is 10.2. The van der Waals surface area contributed by atoms with Crippen LogP contribution >= 0.6 is 12.6 Å². The number of anilines is 2. The molecule has 0 aliphatic carbocycles. The summed E-state index contributed by atoms with van der Waals surface area (Å²) in [6.45, 7) is 0. The fraction of sp³-hybridized carbons (Fsp3) is 0.500. The van der Waals surface area contributed by atoms with E-state index in [4.69, 9.17) is 11.5 Å². The van der Waals surface area contributed by atoms with E-state index in [-0.39, 0.29) is 5.95 Å². The van der Waals surface area contributed by atoms with Crippen LogP contribution in [-0.4, -0.2) is 15.7 Å². The van der Waals surface area contributed by atoms with Gasteiger partial charge in [0.05, 0.1) is 0 Å². The van der Waals surface area contributed by atoms with Crippen LogP contribution in [0.25, 0.3) is 0 Å². The highest BCUT2D eigenvalue weighted by molar-refractivity contribution is 7.80. The Morgan fingerprint density at radius 3 is 2.62 bits per heavy atom. The Kier molecular flexibility index (Phi) is 3.82. The number of thiol groups is 1. The Labute approximate surface area is 83.2 Å². The monoisotopic (exact) mass is 198 g/mol. The maximum atomic E-state index is 5.52. The van der Waals surface area contributed by atoms with Gasteiger partial charge in [0.15, 0.2) is 0 Å². The van der Waals surface area contributed by atoms with Gasteiger partial charge in [-0.25, -0.2) is 4.98 Å². The number of rotatable bonds is 4. The number of nitrogens with zero attached hydrogens (tertiary/aromatic N) is 2. The quantitative estimate of drug-likeness (QED) is 0.496. The predicted molar refractivity (Wildman–Crippen MR) is 57.6 cm³/mol. The van der Waals surface area contributed by atoms with E-state index < -0.39 is 0 Å². The van der Waals surface area contributed by atoms with Crippen molar-refractivity contribution in [2.24, 2.45) is 0 Å². The molecule has 0 saturated heterocycles. The first-order valence-corrected chi connectivity index (χ1v) is 4.85. The molecule has 0 aliphatic heterocycles. The summed E-state index contributed by atoms with van der Waals surface area (Å²) in [6, 6.07) is 1.76. The lowest BCUT2D eigenvalue weighted by Gasteiger charge is -2.01. The van der Waals surface area contributed by atoms with Gasteiger partial charge in [-0.1, -0.05) is 0 Å². The third-order valence-corrected chi connectivity index (χ3v) is 1.97. The standard InChI is InChI=1S/C8H14N4S/c9-7-5-6(3-1-2-4-13)11-8(10)12-7/h5,13H,1-4H2,(H4,9,10,11,12). The number of unbranched alkanes of at least 4 members (excludes halogenated alkanes) is 1. The Bertz CT molecular complexity index is 257. The molecule has 1 heterocycles. The predicted octanol–water partition coefficient (Wildman–Crippen LogP) is 0.893. The average molecular weight is 198 g/mol. The van der Waals surface area contributed by atoms with Crippen LogP contribution in [0.4, 0.5) is 11.8 Å². The largest absolute Gasteiger partial charge is 0.384 e. The Morgan fingerprint density at radius 2 is 2.00 bits per heavy atom. The molecule has 0 amide bonds. The van der Waals surface area contributed by atoms with Crippen molar-refractivity contribution >= 4 is 24.4 Å². The lowest BCUT2D eigenvalue weighted by molar-refractivity contribution is 0.783. The molecule has 4 N–H and O–H groups in total. The molecule has 0 radical (unpaired) electrons. The number of aromatic nitrogens is 2. The SMILES string of the molecule is Nc1cc(CCCCS)nc(N)n1. The number of aryl methyl sites for hydroxylation is 1. The third-order valence-electron chi connectivity index (χ3n) is 1.66. The van der Waals surface area contributed by atoms with E-state index in [1.54, 1.807) is 6.07 Å². The number of nitrogen functional groups attached to an aromatic ring is 2. The second-order valence-electron chi connectivity index (χ2n) is 2.82. The number of hydrogen-bond acceptors (Lipinski definition) is 5. The van der Waals surface area contributed by atoms with E-state index in [1.807, 2.05) is 0 Å². The minimum Gasteiger partial charge on any atom is -0.384 e. The fourth-order valence-corrected chi connectivity index (χ4v) is 1.31. The van der Waals surface area contributed by atoms with Gasteiger partial charge in [0, 0.05) is 11.8 Å². The molecule has 0 spiro atoms. The first-order valence-electron chi connectivity index (χ1n) is 4.22. The van der Waals surface area contributed by atoms with Crippen molar-refractivity contribution in [3.05, 3.63) is 11.8 Å². The maximum Gasteiger partial charge on any atom is 0.222 e. The molecule has 0 atom stereocenters. The second kappa shape index (κ2) is 4.91. The Balaban J connectivity index is 2.56. The molecule has 0 bridgehead atoms. The molecular weight excluding hydrogens is 184 g/mol. The average Bonchev–Trinajstić information content (AvgIpc) is 2.03. The van der Waals surface area contributed by atoms with Gasteiger partial charge < -0.3 is 11.5 Å². The highest BCUT2D eigenvalue weighted by atomic mass is 32.1. The molecule has 0 saturated carbocycles. The molecule has 5 heteroatoms. The molecular formula is C8H14N4S. The molecule has 1 aromatic rings. The zero-order chi connectivity index (χ0) is 9.68. The van der Waals surface area contributed by atoms with E-state index >= 15 is 0 Å². The molecule has 13 heavy (non-hydrogen) atoms. The lowest BCUT2D eigenvalue weighted by Crippen LogP contribution is -2.02. The Hall–Kier alpha value is -0.970. The zero-order valence-corrected chi connectivity index (χ0v) is 8.30. The summed E-state index contributed by atoms with van der Waals surface area (Å²) < 4.78 is 0. The van der Waals surface area contributed by atoms with Crippen LogP contribution in [0.2, 0.25) is 0 Å². The van der Waals surface area contributed by atoms with Gasteiger partial charge >= 0.3 is 0 Å². The maximum absolute atomic E-state index is 5.52. The van der Waals surface area contributed by atoms with Crippen molar-refractivity contribution < 1.29 is 0 Å². The van der Waals surface area contributed by atoms with E-state index in [1.165, 1.54) is 0 Å². The highest BCUT2D eigenvalue weighted by Gasteiger charge is 1.99. The summed E-state index contributed by atoms with van der Waals surface area (Å²) >= 11 is 4.13.